The van der Waals surface area contributed by atoms with Crippen LogP contribution in [0.2, 0.25) is 5.02 Å². The number of nitrogens with one attached hydrogen (secondary N) is 1. The van der Waals surface area contributed by atoms with Crippen molar-refractivity contribution >= 4 is 29.5 Å². The number of halogens is 2. The number of hydrogen-bond donors (Lipinski definition) is 1. The molecule has 25 heavy (non-hydrogen) atoms. The average molecular weight is 365 g/mol. The van der Waals surface area contributed by atoms with Gasteiger partial charge in [0.25, 0.3) is 0 Å². The number of alkyl carbamates (subject to hydrolysis) is 1. The van der Waals surface area contributed by atoms with Gasteiger partial charge in [0.2, 0.25) is 5.82 Å². The fraction of sp³-hybridized carbons (Fsp3) is 0.118. The van der Waals surface area contributed by atoms with Gasteiger partial charge in [0.1, 0.15) is 6.61 Å². The third kappa shape index (κ3) is 5.58. The molecule has 0 aromatic heterocycles. The summed E-state index contributed by atoms with van der Waals surface area (Å²) in [5, 5.41) is 13.1. The molecule has 0 saturated heterocycles. The highest BCUT2D eigenvalue weighted by Gasteiger charge is 2.16. The van der Waals surface area contributed by atoms with E-state index in [-0.39, 0.29) is 23.7 Å². The van der Waals surface area contributed by atoms with Crippen molar-refractivity contribution < 1.29 is 18.8 Å². The maximum Gasteiger partial charge on any atom is 0.407 e. The molecule has 0 atom stereocenters. The molecule has 0 radical (unpaired) electrons. The number of rotatable bonds is 6. The van der Waals surface area contributed by atoms with Crippen LogP contribution in [0, 0.1) is 15.9 Å². The zero-order chi connectivity index (χ0) is 18.2. The lowest BCUT2D eigenvalue weighted by Gasteiger charge is -2.05. The second-order valence-electron chi connectivity index (χ2n) is 4.93. The first-order chi connectivity index (χ1) is 12.0. The van der Waals surface area contributed by atoms with Crippen LogP contribution in [0.25, 0.3) is 6.08 Å². The quantitative estimate of drug-likeness (QED) is 0.611. The molecule has 0 unspecified atom stereocenters. The summed E-state index contributed by atoms with van der Waals surface area (Å²) in [7, 11) is 0. The summed E-state index contributed by atoms with van der Waals surface area (Å²) < 4.78 is 18.6. The van der Waals surface area contributed by atoms with Gasteiger partial charge in [0, 0.05) is 12.6 Å². The Morgan fingerprint density at radius 2 is 2.04 bits per heavy atom. The van der Waals surface area contributed by atoms with Crippen LogP contribution in [-0.2, 0) is 11.3 Å². The average Bonchev–Trinajstić information content (AvgIpc) is 2.60. The molecule has 1 N–H and O–H groups in total. The summed E-state index contributed by atoms with van der Waals surface area (Å²) in [5.74, 6) is -0.982. The Balaban J connectivity index is 1.84. The molecule has 0 bridgehead atoms. The summed E-state index contributed by atoms with van der Waals surface area (Å²) in [4.78, 5) is 21.3. The minimum atomic E-state index is -0.982. The van der Waals surface area contributed by atoms with Crippen molar-refractivity contribution in [3.8, 4) is 0 Å². The normalized spacial score (nSPS) is 10.6. The predicted molar refractivity (Wildman–Crippen MR) is 91.7 cm³/mol. The van der Waals surface area contributed by atoms with E-state index in [0.717, 1.165) is 17.7 Å². The van der Waals surface area contributed by atoms with Crippen LogP contribution < -0.4 is 5.32 Å². The third-order valence-corrected chi connectivity index (χ3v) is 3.46. The van der Waals surface area contributed by atoms with Crippen LogP contribution in [-0.4, -0.2) is 17.6 Å². The summed E-state index contributed by atoms with van der Waals surface area (Å²) in [6.45, 7) is 0.276. The SMILES string of the molecule is O=C(NCC=Cc1cc(F)c([N+](=O)[O-])cc1Cl)OCc1ccccc1. The molecule has 130 valence electrons. The lowest BCUT2D eigenvalue weighted by Crippen LogP contribution is -2.24. The Bertz CT molecular complexity index is 797. The van der Waals surface area contributed by atoms with E-state index in [4.69, 9.17) is 16.3 Å². The first-order valence-electron chi connectivity index (χ1n) is 7.22. The Morgan fingerprint density at radius 3 is 2.72 bits per heavy atom. The Labute approximate surface area is 148 Å². The van der Waals surface area contributed by atoms with Gasteiger partial charge in [0.05, 0.1) is 9.95 Å². The second-order valence-corrected chi connectivity index (χ2v) is 5.33. The molecule has 8 heteroatoms. The zero-order valence-corrected chi connectivity index (χ0v) is 13.7. The van der Waals surface area contributed by atoms with Crippen molar-refractivity contribution in [2.24, 2.45) is 0 Å². The fourth-order valence-electron chi connectivity index (χ4n) is 1.92. The largest absolute Gasteiger partial charge is 0.445 e. The highest BCUT2D eigenvalue weighted by molar-refractivity contribution is 6.32. The maximum atomic E-state index is 13.6. The number of benzene rings is 2. The summed E-state index contributed by atoms with van der Waals surface area (Å²) >= 11 is 5.87. The van der Waals surface area contributed by atoms with E-state index in [0.29, 0.717) is 0 Å². The molecule has 0 aliphatic heterocycles. The Kier molecular flexibility index (Phi) is 6.47. The molecule has 1 amide bonds. The number of nitro groups is 1. The summed E-state index contributed by atoms with van der Waals surface area (Å²) in [6.07, 6.45) is 2.37. The standard InChI is InChI=1S/C17H14ClFN2O4/c18-14-10-16(21(23)24)15(19)9-13(14)7-4-8-20-17(22)25-11-12-5-2-1-3-6-12/h1-7,9-10H,8,11H2,(H,20,22). The van der Waals surface area contributed by atoms with Crippen LogP contribution in [0.1, 0.15) is 11.1 Å². The molecular formula is C17H14ClFN2O4. The maximum absolute atomic E-state index is 13.6. The smallest absolute Gasteiger partial charge is 0.407 e. The number of carbonyl (C=O) groups excluding carboxylic acids is 1. The number of ether oxygens (including phenoxy) is 1. The molecule has 2 rings (SSSR count). The molecule has 0 spiro atoms. The highest BCUT2D eigenvalue weighted by atomic mass is 35.5. The monoisotopic (exact) mass is 364 g/mol. The molecule has 2 aromatic rings. The Morgan fingerprint density at radius 1 is 1.32 bits per heavy atom. The van der Waals surface area contributed by atoms with Gasteiger partial charge < -0.3 is 10.1 Å². The lowest BCUT2D eigenvalue weighted by molar-refractivity contribution is -0.387. The molecule has 2 aromatic carbocycles. The van der Waals surface area contributed by atoms with Gasteiger partial charge >= 0.3 is 11.8 Å². The third-order valence-electron chi connectivity index (χ3n) is 3.14. The van der Waals surface area contributed by atoms with Crippen molar-refractivity contribution in [1.29, 1.82) is 0 Å². The Hall–Kier alpha value is -2.93. The van der Waals surface area contributed by atoms with E-state index in [1.54, 1.807) is 0 Å². The van der Waals surface area contributed by atoms with Crippen molar-refractivity contribution in [2.75, 3.05) is 6.54 Å². The van der Waals surface area contributed by atoms with Gasteiger partial charge in [0.15, 0.2) is 0 Å². The van der Waals surface area contributed by atoms with Gasteiger partial charge in [-0.15, -0.1) is 0 Å². The number of hydrogen-bond acceptors (Lipinski definition) is 4. The van der Waals surface area contributed by atoms with Crippen LogP contribution in [0.15, 0.2) is 48.5 Å². The van der Waals surface area contributed by atoms with Gasteiger partial charge in [-0.3, -0.25) is 10.1 Å². The minimum absolute atomic E-state index is 0.0380. The first-order valence-corrected chi connectivity index (χ1v) is 7.59. The molecule has 0 heterocycles. The van der Waals surface area contributed by atoms with Crippen LogP contribution in [0.3, 0.4) is 0 Å². The summed E-state index contributed by atoms with van der Waals surface area (Å²) in [5.41, 5.74) is 0.440. The van der Waals surface area contributed by atoms with E-state index in [9.17, 15) is 19.3 Å². The second kappa shape index (κ2) is 8.79. The molecule has 0 saturated carbocycles. The topological polar surface area (TPSA) is 81.5 Å². The van der Waals surface area contributed by atoms with Gasteiger partial charge in [-0.2, -0.15) is 4.39 Å². The lowest BCUT2D eigenvalue weighted by atomic mass is 10.2. The number of nitrogens with zero attached hydrogens (tertiary/aromatic N) is 1. The number of amides is 1. The van der Waals surface area contributed by atoms with E-state index in [1.165, 1.54) is 12.2 Å². The highest BCUT2D eigenvalue weighted by Crippen LogP contribution is 2.26. The molecule has 6 nitrogen and oxygen atoms in total. The van der Waals surface area contributed by atoms with Crippen LogP contribution in [0.4, 0.5) is 14.9 Å². The van der Waals surface area contributed by atoms with Gasteiger partial charge in [-0.1, -0.05) is 54.1 Å². The molecule has 0 fully saturated rings. The van der Waals surface area contributed by atoms with E-state index in [2.05, 4.69) is 5.32 Å². The first kappa shape index (κ1) is 18.4. The van der Waals surface area contributed by atoms with Gasteiger partial charge in [-0.05, 0) is 17.2 Å². The fourth-order valence-corrected chi connectivity index (χ4v) is 2.14. The van der Waals surface area contributed by atoms with Gasteiger partial charge in [-0.25, -0.2) is 4.79 Å². The molecule has 0 aliphatic rings. The van der Waals surface area contributed by atoms with E-state index in [1.807, 2.05) is 30.3 Å². The van der Waals surface area contributed by atoms with Crippen molar-refractivity contribution in [3.63, 3.8) is 0 Å². The zero-order valence-electron chi connectivity index (χ0n) is 12.9. The van der Waals surface area contributed by atoms with E-state index < -0.39 is 22.5 Å². The number of nitro benzene ring substituents is 1. The summed E-state index contributed by atoms with van der Waals surface area (Å²) in [6, 6.07) is 11.1. The molecular weight excluding hydrogens is 351 g/mol. The van der Waals surface area contributed by atoms with Crippen LogP contribution in [0.5, 0.6) is 0 Å². The van der Waals surface area contributed by atoms with Crippen molar-refractivity contribution in [1.82, 2.24) is 5.32 Å². The minimum Gasteiger partial charge on any atom is -0.445 e. The number of carbonyl (C=O) groups is 1. The van der Waals surface area contributed by atoms with Crippen molar-refractivity contribution in [3.05, 3.63) is 80.6 Å². The van der Waals surface area contributed by atoms with E-state index >= 15 is 0 Å². The van der Waals surface area contributed by atoms with Crippen LogP contribution >= 0.6 is 11.6 Å². The predicted octanol–water partition coefficient (Wildman–Crippen LogP) is 4.33. The van der Waals surface area contributed by atoms with Crippen molar-refractivity contribution in [2.45, 2.75) is 6.61 Å². The molecule has 0 aliphatic carbocycles.